The molecule has 1 amide bonds. The van der Waals surface area contributed by atoms with E-state index in [0.29, 0.717) is 36.5 Å². The standard InChI is InChI=1S/C15H21NO5/c1-4-6-11(15(18)19)16-14(17)10-7-8-12(20-3)13(9-10)21-5-2/h7-9,11H,4-6H2,1-3H3,(H,16,17)(H,18,19). The van der Waals surface area contributed by atoms with Crippen molar-refractivity contribution >= 4 is 11.9 Å². The number of rotatable bonds is 8. The maximum absolute atomic E-state index is 12.1. The SMILES string of the molecule is CCCC(NC(=O)c1ccc(OC)c(OCC)c1)C(=O)O. The summed E-state index contributed by atoms with van der Waals surface area (Å²) in [5.41, 5.74) is 0.335. The van der Waals surface area contributed by atoms with Gasteiger partial charge in [-0.2, -0.15) is 0 Å². The van der Waals surface area contributed by atoms with Crippen LogP contribution >= 0.6 is 0 Å². The molecule has 0 spiro atoms. The normalized spacial score (nSPS) is 11.6. The van der Waals surface area contributed by atoms with Gasteiger partial charge < -0.3 is 19.9 Å². The number of carboxylic acid groups (broad SMARTS) is 1. The smallest absolute Gasteiger partial charge is 0.326 e. The number of carbonyl (C=O) groups excluding carboxylic acids is 1. The molecule has 0 aliphatic rings. The second-order valence-electron chi connectivity index (χ2n) is 4.45. The van der Waals surface area contributed by atoms with E-state index in [4.69, 9.17) is 14.6 Å². The number of carbonyl (C=O) groups is 2. The van der Waals surface area contributed by atoms with Crippen molar-refractivity contribution in [3.8, 4) is 11.5 Å². The van der Waals surface area contributed by atoms with Crippen molar-refractivity contribution in [3.63, 3.8) is 0 Å². The summed E-state index contributed by atoms with van der Waals surface area (Å²) in [6.45, 7) is 4.13. The molecular formula is C15H21NO5. The van der Waals surface area contributed by atoms with Crippen LogP contribution < -0.4 is 14.8 Å². The summed E-state index contributed by atoms with van der Waals surface area (Å²) >= 11 is 0. The predicted molar refractivity (Wildman–Crippen MR) is 78.0 cm³/mol. The third kappa shape index (κ3) is 4.66. The highest BCUT2D eigenvalue weighted by atomic mass is 16.5. The molecule has 0 saturated carbocycles. The van der Waals surface area contributed by atoms with Crippen LogP contribution in [0.4, 0.5) is 0 Å². The Morgan fingerprint density at radius 1 is 1.29 bits per heavy atom. The van der Waals surface area contributed by atoms with E-state index in [1.807, 2.05) is 13.8 Å². The first-order chi connectivity index (χ1) is 10.0. The third-order valence-electron chi connectivity index (χ3n) is 2.91. The topological polar surface area (TPSA) is 84.9 Å². The van der Waals surface area contributed by atoms with E-state index in [2.05, 4.69) is 5.32 Å². The molecule has 116 valence electrons. The lowest BCUT2D eigenvalue weighted by molar-refractivity contribution is -0.139. The van der Waals surface area contributed by atoms with Crippen molar-refractivity contribution in [1.29, 1.82) is 0 Å². The molecule has 0 radical (unpaired) electrons. The number of nitrogens with one attached hydrogen (secondary N) is 1. The summed E-state index contributed by atoms with van der Waals surface area (Å²) in [5, 5.41) is 11.6. The molecule has 21 heavy (non-hydrogen) atoms. The lowest BCUT2D eigenvalue weighted by Crippen LogP contribution is -2.40. The summed E-state index contributed by atoms with van der Waals surface area (Å²) in [4.78, 5) is 23.2. The highest BCUT2D eigenvalue weighted by molar-refractivity contribution is 5.97. The second-order valence-corrected chi connectivity index (χ2v) is 4.45. The average molecular weight is 295 g/mol. The van der Waals surface area contributed by atoms with Crippen molar-refractivity contribution in [2.75, 3.05) is 13.7 Å². The zero-order valence-corrected chi connectivity index (χ0v) is 12.5. The molecule has 1 unspecified atom stereocenters. The van der Waals surface area contributed by atoms with Crippen molar-refractivity contribution in [1.82, 2.24) is 5.32 Å². The number of hydrogen-bond donors (Lipinski definition) is 2. The number of ether oxygens (including phenoxy) is 2. The van der Waals surface area contributed by atoms with Gasteiger partial charge in [0.05, 0.1) is 13.7 Å². The largest absolute Gasteiger partial charge is 0.493 e. The van der Waals surface area contributed by atoms with Crippen molar-refractivity contribution in [2.24, 2.45) is 0 Å². The molecule has 6 nitrogen and oxygen atoms in total. The van der Waals surface area contributed by atoms with Crippen LogP contribution in [0.2, 0.25) is 0 Å². The summed E-state index contributed by atoms with van der Waals surface area (Å²) in [5.74, 6) is -0.505. The Hall–Kier alpha value is -2.24. The maximum Gasteiger partial charge on any atom is 0.326 e. The van der Waals surface area contributed by atoms with E-state index in [9.17, 15) is 9.59 Å². The molecular weight excluding hydrogens is 274 g/mol. The highest BCUT2D eigenvalue weighted by Crippen LogP contribution is 2.28. The zero-order valence-electron chi connectivity index (χ0n) is 12.5. The molecule has 0 saturated heterocycles. The van der Waals surface area contributed by atoms with Crippen LogP contribution in [0.1, 0.15) is 37.0 Å². The van der Waals surface area contributed by atoms with E-state index in [1.54, 1.807) is 18.2 Å². The Balaban J connectivity index is 2.91. The van der Waals surface area contributed by atoms with Gasteiger partial charge in [-0.3, -0.25) is 4.79 Å². The van der Waals surface area contributed by atoms with Crippen LogP contribution in [0, 0.1) is 0 Å². The van der Waals surface area contributed by atoms with Crippen LogP contribution in [-0.2, 0) is 4.79 Å². The number of aliphatic carboxylic acids is 1. The molecule has 1 aromatic carbocycles. The Labute approximate surface area is 124 Å². The van der Waals surface area contributed by atoms with E-state index in [0.717, 1.165) is 0 Å². The molecule has 0 heterocycles. The molecule has 0 aliphatic heterocycles. The summed E-state index contributed by atoms with van der Waals surface area (Å²) in [7, 11) is 1.51. The third-order valence-corrected chi connectivity index (χ3v) is 2.91. The first-order valence-electron chi connectivity index (χ1n) is 6.87. The van der Waals surface area contributed by atoms with Gasteiger partial charge >= 0.3 is 5.97 Å². The molecule has 2 N–H and O–H groups in total. The molecule has 6 heteroatoms. The van der Waals surface area contributed by atoms with E-state index >= 15 is 0 Å². The monoisotopic (exact) mass is 295 g/mol. The highest BCUT2D eigenvalue weighted by Gasteiger charge is 2.20. The summed E-state index contributed by atoms with van der Waals surface area (Å²) < 4.78 is 10.5. The Morgan fingerprint density at radius 3 is 2.52 bits per heavy atom. The van der Waals surface area contributed by atoms with Crippen LogP contribution in [-0.4, -0.2) is 36.7 Å². The Kier molecular flexibility index (Phi) is 6.52. The number of amides is 1. The fraction of sp³-hybridized carbons (Fsp3) is 0.467. The van der Waals surface area contributed by atoms with E-state index in [1.165, 1.54) is 7.11 Å². The predicted octanol–water partition coefficient (Wildman–Crippen LogP) is 2.08. The van der Waals surface area contributed by atoms with Crippen LogP contribution in [0.25, 0.3) is 0 Å². The maximum atomic E-state index is 12.1. The lowest BCUT2D eigenvalue weighted by Gasteiger charge is -2.15. The van der Waals surface area contributed by atoms with Gasteiger partial charge in [0.1, 0.15) is 6.04 Å². The minimum Gasteiger partial charge on any atom is -0.493 e. The number of carboxylic acids is 1. The molecule has 0 bridgehead atoms. The minimum atomic E-state index is -1.04. The first-order valence-corrected chi connectivity index (χ1v) is 6.87. The molecule has 0 aromatic heterocycles. The van der Waals surface area contributed by atoms with Crippen LogP contribution in [0.5, 0.6) is 11.5 Å². The number of hydrogen-bond acceptors (Lipinski definition) is 4. The molecule has 1 atom stereocenters. The van der Waals surface area contributed by atoms with Crippen LogP contribution in [0.15, 0.2) is 18.2 Å². The van der Waals surface area contributed by atoms with Gasteiger partial charge in [-0.05, 0) is 31.5 Å². The average Bonchev–Trinajstić information content (AvgIpc) is 2.46. The van der Waals surface area contributed by atoms with Crippen molar-refractivity contribution in [2.45, 2.75) is 32.7 Å². The number of methoxy groups -OCH3 is 1. The van der Waals surface area contributed by atoms with Crippen molar-refractivity contribution < 1.29 is 24.2 Å². The quantitative estimate of drug-likeness (QED) is 0.767. The van der Waals surface area contributed by atoms with E-state index in [-0.39, 0.29) is 0 Å². The molecule has 0 fully saturated rings. The Bertz CT molecular complexity index is 501. The first kappa shape index (κ1) is 16.8. The summed E-state index contributed by atoms with van der Waals surface area (Å²) in [6, 6.07) is 3.85. The van der Waals surface area contributed by atoms with Crippen LogP contribution in [0.3, 0.4) is 0 Å². The van der Waals surface area contributed by atoms with Gasteiger partial charge in [0.25, 0.3) is 5.91 Å². The fourth-order valence-corrected chi connectivity index (χ4v) is 1.87. The summed E-state index contributed by atoms with van der Waals surface area (Å²) in [6.07, 6.45) is 1.06. The lowest BCUT2D eigenvalue weighted by atomic mass is 10.1. The Morgan fingerprint density at radius 2 is 2.00 bits per heavy atom. The van der Waals surface area contributed by atoms with Gasteiger partial charge in [-0.1, -0.05) is 13.3 Å². The van der Waals surface area contributed by atoms with Gasteiger partial charge in [0, 0.05) is 5.56 Å². The van der Waals surface area contributed by atoms with E-state index < -0.39 is 17.9 Å². The van der Waals surface area contributed by atoms with Gasteiger partial charge in [0.15, 0.2) is 11.5 Å². The zero-order chi connectivity index (χ0) is 15.8. The van der Waals surface area contributed by atoms with Crippen molar-refractivity contribution in [3.05, 3.63) is 23.8 Å². The van der Waals surface area contributed by atoms with Gasteiger partial charge in [0.2, 0.25) is 0 Å². The number of benzene rings is 1. The van der Waals surface area contributed by atoms with Gasteiger partial charge in [-0.15, -0.1) is 0 Å². The molecule has 0 aliphatic carbocycles. The fourth-order valence-electron chi connectivity index (χ4n) is 1.87. The molecule has 1 rings (SSSR count). The van der Waals surface area contributed by atoms with Gasteiger partial charge in [-0.25, -0.2) is 4.79 Å². The molecule has 1 aromatic rings. The minimum absolute atomic E-state index is 0.335. The second kappa shape index (κ2) is 8.14.